The monoisotopic (exact) mass is 300 g/mol. The molecule has 0 bridgehead atoms. The minimum absolute atomic E-state index is 0.0193. The number of methoxy groups -OCH3 is 2. The van der Waals surface area contributed by atoms with Crippen molar-refractivity contribution >= 4 is 21.9 Å². The molecule has 22 heavy (non-hydrogen) atoms. The van der Waals surface area contributed by atoms with Crippen molar-refractivity contribution in [2.45, 2.75) is 25.7 Å². The minimum atomic E-state index is -0.0193. The molecule has 0 amide bonds. The van der Waals surface area contributed by atoms with E-state index in [0.717, 1.165) is 42.4 Å². The average molecular weight is 300 g/mol. The number of hydrogen-bond donors (Lipinski definition) is 0. The van der Waals surface area contributed by atoms with Crippen LogP contribution in [0.5, 0.6) is 11.5 Å². The van der Waals surface area contributed by atoms with Gasteiger partial charge in [-0.2, -0.15) is 0 Å². The van der Waals surface area contributed by atoms with Gasteiger partial charge in [0.15, 0.2) is 16.6 Å². The maximum absolute atomic E-state index is 13.0. The third-order valence-corrected chi connectivity index (χ3v) is 4.33. The number of benzene rings is 1. The molecule has 0 N–H and O–H groups in total. The van der Waals surface area contributed by atoms with Crippen molar-refractivity contribution in [3.05, 3.63) is 33.9 Å². The summed E-state index contributed by atoms with van der Waals surface area (Å²) in [6.45, 7) is 0. The molecule has 0 unspecified atom stereocenters. The van der Waals surface area contributed by atoms with Crippen LogP contribution in [0.2, 0.25) is 0 Å². The highest BCUT2D eigenvalue weighted by molar-refractivity contribution is 6.06. The summed E-state index contributed by atoms with van der Waals surface area (Å²) >= 11 is 0. The molecule has 3 aromatic rings. The third kappa shape index (κ3) is 1.62. The summed E-state index contributed by atoms with van der Waals surface area (Å²) in [5.41, 5.74) is 1.69. The zero-order valence-corrected chi connectivity index (χ0v) is 12.5. The maximum Gasteiger partial charge on any atom is 0.206 e. The van der Waals surface area contributed by atoms with Crippen LogP contribution in [0.25, 0.3) is 21.9 Å². The Morgan fingerprint density at radius 1 is 1.05 bits per heavy atom. The second-order valence-corrected chi connectivity index (χ2v) is 5.47. The van der Waals surface area contributed by atoms with Crippen molar-refractivity contribution in [1.82, 2.24) is 0 Å². The van der Waals surface area contributed by atoms with Gasteiger partial charge in [0.1, 0.15) is 16.9 Å². The fourth-order valence-electron chi connectivity index (χ4n) is 3.32. The van der Waals surface area contributed by atoms with Gasteiger partial charge in [0, 0.05) is 12.0 Å². The van der Waals surface area contributed by atoms with Gasteiger partial charge in [0.2, 0.25) is 5.75 Å². The first-order valence-electron chi connectivity index (χ1n) is 7.36. The Bertz CT molecular complexity index is 932. The van der Waals surface area contributed by atoms with Crippen molar-refractivity contribution in [2.24, 2.45) is 0 Å². The van der Waals surface area contributed by atoms with Crippen molar-refractivity contribution in [2.75, 3.05) is 14.2 Å². The van der Waals surface area contributed by atoms with Crippen LogP contribution < -0.4 is 14.9 Å². The van der Waals surface area contributed by atoms with E-state index in [-0.39, 0.29) is 5.43 Å². The molecule has 4 rings (SSSR count). The van der Waals surface area contributed by atoms with E-state index in [4.69, 9.17) is 18.3 Å². The Morgan fingerprint density at radius 3 is 2.59 bits per heavy atom. The zero-order valence-electron chi connectivity index (χ0n) is 12.5. The van der Waals surface area contributed by atoms with Gasteiger partial charge >= 0.3 is 0 Å². The van der Waals surface area contributed by atoms with Crippen LogP contribution >= 0.6 is 0 Å². The molecule has 2 aromatic heterocycles. The molecular formula is C17H16O5. The van der Waals surface area contributed by atoms with E-state index in [1.54, 1.807) is 26.5 Å². The van der Waals surface area contributed by atoms with Crippen molar-refractivity contribution < 1.29 is 18.3 Å². The van der Waals surface area contributed by atoms with Crippen LogP contribution in [0.3, 0.4) is 0 Å². The minimum Gasteiger partial charge on any atom is -0.495 e. The van der Waals surface area contributed by atoms with Gasteiger partial charge in [-0.15, -0.1) is 0 Å². The Kier molecular flexibility index (Phi) is 2.89. The second kappa shape index (κ2) is 4.80. The van der Waals surface area contributed by atoms with Crippen molar-refractivity contribution in [3.63, 3.8) is 0 Å². The Labute approximate surface area is 126 Å². The SMILES string of the molecule is COc1c2occc2c(OC)c2c(=O)c3c(oc12)CCCC3. The molecule has 0 saturated heterocycles. The Hall–Kier alpha value is -2.43. The molecule has 0 aliphatic heterocycles. The van der Waals surface area contributed by atoms with Crippen molar-refractivity contribution in [1.29, 1.82) is 0 Å². The van der Waals surface area contributed by atoms with Crippen LogP contribution in [0.15, 0.2) is 26.0 Å². The molecule has 114 valence electrons. The van der Waals surface area contributed by atoms with Gasteiger partial charge in [0.25, 0.3) is 0 Å². The highest BCUT2D eigenvalue weighted by Gasteiger charge is 2.26. The van der Waals surface area contributed by atoms with Crippen LogP contribution in [0, 0.1) is 0 Å². The van der Waals surface area contributed by atoms with Crippen LogP contribution in [-0.2, 0) is 12.8 Å². The smallest absolute Gasteiger partial charge is 0.206 e. The summed E-state index contributed by atoms with van der Waals surface area (Å²) < 4.78 is 22.5. The average Bonchev–Trinajstić information content (AvgIpc) is 3.02. The van der Waals surface area contributed by atoms with Gasteiger partial charge in [-0.3, -0.25) is 4.79 Å². The normalized spacial score (nSPS) is 14.3. The third-order valence-electron chi connectivity index (χ3n) is 4.33. The number of aryl methyl sites for hydroxylation is 1. The molecular weight excluding hydrogens is 284 g/mol. The summed E-state index contributed by atoms with van der Waals surface area (Å²) in [5, 5.41) is 1.16. The van der Waals surface area contributed by atoms with E-state index in [9.17, 15) is 4.79 Å². The van der Waals surface area contributed by atoms with E-state index in [0.29, 0.717) is 28.1 Å². The molecule has 5 nitrogen and oxygen atoms in total. The Balaban J connectivity index is 2.27. The lowest BCUT2D eigenvalue weighted by molar-refractivity contribution is 0.394. The highest BCUT2D eigenvalue weighted by atomic mass is 16.5. The topological polar surface area (TPSA) is 61.8 Å². The molecule has 0 fully saturated rings. The number of ether oxygens (including phenoxy) is 2. The van der Waals surface area contributed by atoms with Crippen LogP contribution in [0.1, 0.15) is 24.2 Å². The van der Waals surface area contributed by atoms with Crippen molar-refractivity contribution in [3.8, 4) is 11.5 Å². The van der Waals surface area contributed by atoms with E-state index in [1.165, 1.54) is 0 Å². The standard InChI is InChI=1S/C17H16O5/c1-19-14-10-7-8-21-15(10)17(20-2)16-12(14)13(18)9-5-3-4-6-11(9)22-16/h7-8H,3-6H2,1-2H3. The predicted octanol–water partition coefficient (Wildman–Crippen LogP) is 3.44. The summed E-state index contributed by atoms with van der Waals surface area (Å²) in [7, 11) is 3.09. The molecule has 0 spiro atoms. The molecule has 1 aliphatic carbocycles. The fraction of sp³-hybridized carbons (Fsp3) is 0.353. The molecule has 5 heteroatoms. The predicted molar refractivity (Wildman–Crippen MR) is 82.0 cm³/mol. The maximum atomic E-state index is 13.0. The lowest BCUT2D eigenvalue weighted by atomic mass is 9.95. The molecule has 1 aromatic carbocycles. The van der Waals surface area contributed by atoms with Gasteiger partial charge in [-0.25, -0.2) is 0 Å². The number of furan rings is 1. The first kappa shape index (κ1) is 13.2. The van der Waals surface area contributed by atoms with Gasteiger partial charge in [0.05, 0.1) is 25.9 Å². The second-order valence-electron chi connectivity index (χ2n) is 5.47. The lowest BCUT2D eigenvalue weighted by Crippen LogP contribution is -2.17. The fourth-order valence-corrected chi connectivity index (χ4v) is 3.32. The van der Waals surface area contributed by atoms with Crippen LogP contribution in [0.4, 0.5) is 0 Å². The number of hydrogen-bond acceptors (Lipinski definition) is 5. The lowest BCUT2D eigenvalue weighted by Gasteiger charge is -2.17. The van der Waals surface area contributed by atoms with E-state index in [2.05, 4.69) is 0 Å². The largest absolute Gasteiger partial charge is 0.495 e. The first-order chi connectivity index (χ1) is 10.8. The summed E-state index contributed by atoms with van der Waals surface area (Å²) in [4.78, 5) is 13.0. The highest BCUT2D eigenvalue weighted by Crippen LogP contribution is 2.42. The van der Waals surface area contributed by atoms with E-state index in [1.807, 2.05) is 0 Å². The van der Waals surface area contributed by atoms with Gasteiger partial charge < -0.3 is 18.3 Å². The van der Waals surface area contributed by atoms with Crippen LogP contribution in [-0.4, -0.2) is 14.2 Å². The van der Waals surface area contributed by atoms with E-state index < -0.39 is 0 Å². The molecule has 0 atom stereocenters. The van der Waals surface area contributed by atoms with E-state index >= 15 is 0 Å². The molecule has 2 heterocycles. The zero-order chi connectivity index (χ0) is 15.3. The summed E-state index contributed by atoms with van der Waals surface area (Å²) in [6, 6.07) is 1.77. The van der Waals surface area contributed by atoms with Gasteiger partial charge in [-0.05, 0) is 25.3 Å². The summed E-state index contributed by atoms with van der Waals surface area (Å²) in [6.07, 6.45) is 5.13. The number of rotatable bonds is 2. The molecule has 1 aliphatic rings. The summed E-state index contributed by atoms with van der Waals surface area (Å²) in [5.74, 6) is 1.69. The van der Waals surface area contributed by atoms with Gasteiger partial charge in [-0.1, -0.05) is 0 Å². The Morgan fingerprint density at radius 2 is 1.82 bits per heavy atom. The quantitative estimate of drug-likeness (QED) is 0.725. The first-order valence-corrected chi connectivity index (χ1v) is 7.36. The number of fused-ring (bicyclic) bond motifs is 3. The molecule has 0 saturated carbocycles. The molecule has 0 radical (unpaired) electrons.